The number of thioether (sulfide) groups is 1. The summed E-state index contributed by atoms with van der Waals surface area (Å²) in [5, 5.41) is 15.1. The van der Waals surface area contributed by atoms with Crippen molar-refractivity contribution in [1.29, 1.82) is 0 Å². The van der Waals surface area contributed by atoms with E-state index in [-0.39, 0.29) is 24.1 Å². The van der Waals surface area contributed by atoms with Crippen LogP contribution < -0.4 is 5.32 Å². The third kappa shape index (κ3) is 4.81. The van der Waals surface area contributed by atoms with E-state index in [9.17, 15) is 9.59 Å². The number of nitrogens with one attached hydrogen (secondary N) is 1. The highest BCUT2D eigenvalue weighted by Crippen LogP contribution is 2.22. The van der Waals surface area contributed by atoms with Crippen LogP contribution in [0.4, 0.5) is 0 Å². The number of hydrogen-bond donors (Lipinski definition) is 1. The number of carbonyl (C=O) groups excluding carboxylic acids is 2. The van der Waals surface area contributed by atoms with E-state index in [1.807, 2.05) is 45.9 Å². The van der Waals surface area contributed by atoms with Gasteiger partial charge in [0.05, 0.1) is 18.0 Å². The molecule has 2 aromatic rings. The zero-order chi connectivity index (χ0) is 19.1. The molecule has 0 aliphatic rings. The molecule has 1 aromatic carbocycles. The van der Waals surface area contributed by atoms with Crippen LogP contribution in [0.2, 0.25) is 0 Å². The number of carbonyl (C=O) groups is 2. The molecule has 1 N–H and O–H groups in total. The maximum Gasteiger partial charge on any atom is 0.239 e. The Morgan fingerprint density at radius 1 is 1.27 bits per heavy atom. The Balaban J connectivity index is 2.06. The van der Waals surface area contributed by atoms with Gasteiger partial charge in [0.2, 0.25) is 17.0 Å². The molecule has 0 saturated carbocycles. The average Bonchev–Trinajstić information content (AvgIpc) is 3.08. The molecule has 8 nitrogen and oxygen atoms in total. The van der Waals surface area contributed by atoms with Crippen LogP contribution in [0.15, 0.2) is 23.4 Å². The smallest absolute Gasteiger partial charge is 0.239 e. The standard InChI is InChI=1S/C17H24N6O2S/c1-5-18-15(24)10-22(6-2)16(25)11-26-17-19-20-21-23(17)14-9-7-8-12(3)13(14)4/h7-9H,5-6,10-11H2,1-4H3,(H,18,24). The van der Waals surface area contributed by atoms with E-state index >= 15 is 0 Å². The lowest BCUT2D eigenvalue weighted by atomic mass is 10.1. The molecule has 1 aromatic heterocycles. The Morgan fingerprint density at radius 2 is 2.04 bits per heavy atom. The van der Waals surface area contributed by atoms with E-state index in [0.717, 1.165) is 16.8 Å². The van der Waals surface area contributed by atoms with Gasteiger partial charge in [-0.15, -0.1) is 5.10 Å². The second kappa shape index (κ2) is 9.33. The Hall–Kier alpha value is -2.42. The van der Waals surface area contributed by atoms with Crippen LogP contribution in [-0.4, -0.2) is 62.3 Å². The van der Waals surface area contributed by atoms with Crippen LogP contribution in [0, 0.1) is 13.8 Å². The van der Waals surface area contributed by atoms with Crippen molar-refractivity contribution in [3.05, 3.63) is 29.3 Å². The summed E-state index contributed by atoms with van der Waals surface area (Å²) < 4.78 is 1.64. The van der Waals surface area contributed by atoms with Crippen molar-refractivity contribution in [1.82, 2.24) is 30.4 Å². The van der Waals surface area contributed by atoms with E-state index in [0.29, 0.717) is 18.2 Å². The highest BCUT2D eigenvalue weighted by Gasteiger charge is 2.18. The second-order valence-corrected chi connectivity index (χ2v) is 6.68. The Labute approximate surface area is 157 Å². The number of likely N-dealkylation sites (N-methyl/N-ethyl adjacent to an activating group) is 2. The van der Waals surface area contributed by atoms with Gasteiger partial charge in [0.1, 0.15) is 0 Å². The normalized spacial score (nSPS) is 10.6. The number of nitrogens with zero attached hydrogens (tertiary/aromatic N) is 5. The van der Waals surface area contributed by atoms with Gasteiger partial charge >= 0.3 is 0 Å². The molecule has 0 saturated heterocycles. The van der Waals surface area contributed by atoms with E-state index in [1.165, 1.54) is 16.7 Å². The Bertz CT molecular complexity index is 776. The van der Waals surface area contributed by atoms with Gasteiger partial charge in [-0.3, -0.25) is 9.59 Å². The lowest BCUT2D eigenvalue weighted by molar-refractivity contribution is -0.133. The molecule has 0 spiro atoms. The number of amides is 2. The SMILES string of the molecule is CCNC(=O)CN(CC)C(=O)CSc1nnnn1-c1cccc(C)c1C. The molecule has 2 amide bonds. The summed E-state index contributed by atoms with van der Waals surface area (Å²) in [5.41, 5.74) is 3.11. The minimum atomic E-state index is -0.159. The predicted molar refractivity (Wildman–Crippen MR) is 100 cm³/mol. The molecule has 0 radical (unpaired) electrons. The lowest BCUT2D eigenvalue weighted by Gasteiger charge is -2.19. The average molecular weight is 376 g/mol. The van der Waals surface area contributed by atoms with Crippen LogP contribution in [0.25, 0.3) is 5.69 Å². The molecule has 0 bridgehead atoms. The van der Waals surface area contributed by atoms with Crippen LogP contribution in [0.3, 0.4) is 0 Å². The van der Waals surface area contributed by atoms with Gasteiger partial charge in [0, 0.05) is 13.1 Å². The van der Waals surface area contributed by atoms with E-state index in [2.05, 4.69) is 20.8 Å². The number of aryl methyl sites for hydroxylation is 1. The molecular weight excluding hydrogens is 352 g/mol. The molecular formula is C17H24N6O2S. The highest BCUT2D eigenvalue weighted by atomic mass is 32.2. The lowest BCUT2D eigenvalue weighted by Crippen LogP contribution is -2.41. The van der Waals surface area contributed by atoms with Crippen LogP contribution in [0.5, 0.6) is 0 Å². The van der Waals surface area contributed by atoms with Gasteiger partial charge in [-0.2, -0.15) is 4.68 Å². The first-order valence-corrected chi connectivity index (χ1v) is 9.48. The third-order valence-electron chi connectivity index (χ3n) is 4.01. The van der Waals surface area contributed by atoms with Crippen molar-refractivity contribution in [2.45, 2.75) is 32.9 Å². The van der Waals surface area contributed by atoms with Crippen LogP contribution in [0.1, 0.15) is 25.0 Å². The molecule has 140 valence electrons. The number of rotatable bonds is 8. The van der Waals surface area contributed by atoms with Gasteiger partial charge in [-0.05, 0) is 55.3 Å². The number of aromatic nitrogens is 4. The van der Waals surface area contributed by atoms with Gasteiger partial charge in [-0.1, -0.05) is 23.9 Å². The minimum Gasteiger partial charge on any atom is -0.355 e. The first-order chi connectivity index (χ1) is 12.5. The van der Waals surface area contributed by atoms with E-state index in [1.54, 1.807) is 4.68 Å². The first-order valence-electron chi connectivity index (χ1n) is 8.50. The number of benzene rings is 1. The van der Waals surface area contributed by atoms with Gasteiger partial charge < -0.3 is 10.2 Å². The quantitative estimate of drug-likeness (QED) is 0.699. The monoisotopic (exact) mass is 376 g/mol. The highest BCUT2D eigenvalue weighted by molar-refractivity contribution is 7.99. The van der Waals surface area contributed by atoms with Crippen LogP contribution >= 0.6 is 11.8 Å². The summed E-state index contributed by atoms with van der Waals surface area (Å²) in [5.74, 6) is -0.120. The summed E-state index contributed by atoms with van der Waals surface area (Å²) in [6, 6.07) is 5.92. The number of tetrazole rings is 1. The van der Waals surface area contributed by atoms with Crippen molar-refractivity contribution in [2.24, 2.45) is 0 Å². The largest absolute Gasteiger partial charge is 0.355 e. The molecule has 0 aliphatic carbocycles. The zero-order valence-corrected chi connectivity index (χ0v) is 16.3. The first kappa shape index (κ1) is 19.9. The fourth-order valence-corrected chi connectivity index (χ4v) is 3.19. The van der Waals surface area contributed by atoms with Gasteiger partial charge in [-0.25, -0.2) is 0 Å². The maximum absolute atomic E-state index is 12.4. The maximum atomic E-state index is 12.4. The summed E-state index contributed by atoms with van der Waals surface area (Å²) in [4.78, 5) is 25.7. The summed E-state index contributed by atoms with van der Waals surface area (Å²) >= 11 is 1.26. The second-order valence-electron chi connectivity index (χ2n) is 5.74. The fourth-order valence-electron chi connectivity index (χ4n) is 2.41. The van der Waals surface area contributed by atoms with Gasteiger partial charge in [0.25, 0.3) is 0 Å². The molecule has 1 heterocycles. The van der Waals surface area contributed by atoms with Crippen molar-refractivity contribution in [3.63, 3.8) is 0 Å². The van der Waals surface area contributed by atoms with Gasteiger partial charge in [0.15, 0.2) is 0 Å². The summed E-state index contributed by atoms with van der Waals surface area (Å²) in [6.07, 6.45) is 0. The Kier molecular flexibility index (Phi) is 7.14. The van der Waals surface area contributed by atoms with Crippen LogP contribution in [-0.2, 0) is 9.59 Å². The van der Waals surface area contributed by atoms with Crippen molar-refractivity contribution < 1.29 is 9.59 Å². The summed E-state index contributed by atoms with van der Waals surface area (Å²) in [6.45, 7) is 8.81. The van der Waals surface area contributed by atoms with E-state index < -0.39 is 0 Å². The molecule has 0 fully saturated rings. The van der Waals surface area contributed by atoms with E-state index in [4.69, 9.17) is 0 Å². The fraction of sp³-hybridized carbons (Fsp3) is 0.471. The predicted octanol–water partition coefficient (Wildman–Crippen LogP) is 1.36. The summed E-state index contributed by atoms with van der Waals surface area (Å²) in [7, 11) is 0. The van der Waals surface area contributed by atoms with Crippen molar-refractivity contribution in [3.8, 4) is 5.69 Å². The molecule has 2 rings (SSSR count). The number of hydrogen-bond acceptors (Lipinski definition) is 6. The topological polar surface area (TPSA) is 93.0 Å². The minimum absolute atomic E-state index is 0.0612. The molecule has 26 heavy (non-hydrogen) atoms. The molecule has 0 unspecified atom stereocenters. The van der Waals surface area contributed by atoms with Crippen molar-refractivity contribution >= 4 is 23.6 Å². The molecule has 0 aliphatic heterocycles. The zero-order valence-electron chi connectivity index (χ0n) is 15.5. The Morgan fingerprint density at radius 3 is 2.73 bits per heavy atom. The molecule has 9 heteroatoms. The third-order valence-corrected chi connectivity index (χ3v) is 4.92. The molecule has 0 atom stereocenters. The van der Waals surface area contributed by atoms with Crippen molar-refractivity contribution in [2.75, 3.05) is 25.4 Å².